The van der Waals surface area contributed by atoms with Gasteiger partial charge in [-0.25, -0.2) is 4.98 Å². The first kappa shape index (κ1) is 22.2. The van der Waals surface area contributed by atoms with Crippen LogP contribution in [0.15, 0.2) is 46.6 Å². The fourth-order valence-corrected chi connectivity index (χ4v) is 5.06. The second-order valence-electron chi connectivity index (χ2n) is 8.54. The molecule has 0 aliphatic heterocycles. The molecule has 0 atom stereocenters. The van der Waals surface area contributed by atoms with Gasteiger partial charge in [0.05, 0.1) is 11.9 Å². The van der Waals surface area contributed by atoms with Crippen LogP contribution >= 0.6 is 11.3 Å². The van der Waals surface area contributed by atoms with Gasteiger partial charge in [0.15, 0.2) is 5.78 Å². The predicted octanol–water partition coefficient (Wildman–Crippen LogP) is 6.19. The fourth-order valence-electron chi connectivity index (χ4n) is 4.11. The van der Waals surface area contributed by atoms with Gasteiger partial charge in [-0.2, -0.15) is 0 Å². The molecule has 0 fully saturated rings. The molecule has 0 saturated heterocycles. The van der Waals surface area contributed by atoms with Crippen LogP contribution in [0, 0.1) is 27.7 Å². The molecule has 0 unspecified atom stereocenters. The zero-order valence-corrected chi connectivity index (χ0v) is 20.1. The molecule has 2 aromatic heterocycles. The number of nitrogens with zero attached hydrogens (tertiary/aromatic N) is 2. The normalized spacial score (nSPS) is 11.3. The minimum absolute atomic E-state index is 0.00176. The van der Waals surface area contributed by atoms with Crippen molar-refractivity contribution in [3.8, 4) is 11.1 Å². The van der Waals surface area contributed by atoms with Crippen LogP contribution < -0.4 is 5.56 Å². The Labute approximate surface area is 192 Å². The third-order valence-corrected chi connectivity index (χ3v) is 6.92. The van der Waals surface area contributed by atoms with Gasteiger partial charge in [0.2, 0.25) is 0 Å². The van der Waals surface area contributed by atoms with E-state index in [0.717, 1.165) is 39.1 Å². The van der Waals surface area contributed by atoms with E-state index in [2.05, 4.69) is 39.0 Å². The zero-order chi connectivity index (χ0) is 23.0. The number of thiophene rings is 1. The minimum Gasteiger partial charge on any atom is -0.292 e. The molecule has 0 spiro atoms. The van der Waals surface area contributed by atoms with Gasteiger partial charge >= 0.3 is 0 Å². The number of ketones is 1. The number of rotatable bonds is 6. The van der Waals surface area contributed by atoms with Crippen molar-refractivity contribution < 1.29 is 4.79 Å². The third-order valence-electron chi connectivity index (χ3n) is 6.05. The molecule has 2 heterocycles. The smallest absolute Gasteiger partial charge is 0.263 e. The SMILES string of the molecule is CCCc1nc2scc(-c3ccc(C)cc3C)c2c(=O)n1CC(=O)c1ccc(C)c(C)c1. The first-order valence-corrected chi connectivity index (χ1v) is 11.9. The van der Waals surface area contributed by atoms with Crippen LogP contribution in [0.25, 0.3) is 21.3 Å². The summed E-state index contributed by atoms with van der Waals surface area (Å²) in [5.74, 6) is 0.605. The second kappa shape index (κ2) is 8.83. The fraction of sp³-hybridized carbons (Fsp3) is 0.296. The summed E-state index contributed by atoms with van der Waals surface area (Å²) in [6, 6.07) is 12.0. The number of Topliss-reactive ketones (excluding diaryl/α,β-unsaturated/α-hetero) is 1. The largest absolute Gasteiger partial charge is 0.292 e. The average molecular weight is 445 g/mol. The lowest BCUT2D eigenvalue weighted by Gasteiger charge is -2.13. The summed E-state index contributed by atoms with van der Waals surface area (Å²) >= 11 is 1.49. The van der Waals surface area contributed by atoms with E-state index < -0.39 is 0 Å². The van der Waals surface area contributed by atoms with Gasteiger partial charge in [-0.1, -0.05) is 42.8 Å². The first-order chi connectivity index (χ1) is 15.3. The minimum atomic E-state index is -0.133. The molecule has 4 aromatic rings. The van der Waals surface area contributed by atoms with Gasteiger partial charge < -0.3 is 0 Å². The van der Waals surface area contributed by atoms with Crippen molar-refractivity contribution >= 4 is 27.3 Å². The van der Waals surface area contributed by atoms with Gasteiger partial charge in [-0.3, -0.25) is 14.2 Å². The Kier molecular flexibility index (Phi) is 6.11. The molecule has 0 aliphatic carbocycles. The molecule has 0 bridgehead atoms. The average Bonchev–Trinajstić information content (AvgIpc) is 3.16. The van der Waals surface area contributed by atoms with E-state index in [-0.39, 0.29) is 17.9 Å². The van der Waals surface area contributed by atoms with E-state index in [4.69, 9.17) is 4.98 Å². The van der Waals surface area contributed by atoms with Crippen LogP contribution in [-0.2, 0) is 13.0 Å². The molecule has 0 aliphatic rings. The van der Waals surface area contributed by atoms with E-state index in [1.165, 1.54) is 16.9 Å². The number of carbonyl (C=O) groups is 1. The molecule has 4 rings (SSSR count). The monoisotopic (exact) mass is 444 g/mol. The molecular weight excluding hydrogens is 416 g/mol. The van der Waals surface area contributed by atoms with Gasteiger partial charge in [0, 0.05) is 22.9 Å². The molecule has 2 aromatic carbocycles. The topological polar surface area (TPSA) is 52.0 Å². The van der Waals surface area contributed by atoms with Crippen LogP contribution in [0.1, 0.15) is 51.8 Å². The molecule has 0 radical (unpaired) electrons. The quantitative estimate of drug-likeness (QED) is 0.333. The number of hydrogen-bond acceptors (Lipinski definition) is 4. The summed E-state index contributed by atoms with van der Waals surface area (Å²) in [6.45, 7) is 10.2. The number of hydrogen-bond donors (Lipinski definition) is 0. The highest BCUT2D eigenvalue weighted by atomic mass is 32.1. The Bertz CT molecular complexity index is 1400. The van der Waals surface area contributed by atoms with Crippen molar-refractivity contribution in [3.05, 3.63) is 85.8 Å². The van der Waals surface area contributed by atoms with Crippen LogP contribution in [0.5, 0.6) is 0 Å². The molecule has 164 valence electrons. The van der Waals surface area contributed by atoms with Crippen LogP contribution in [0.2, 0.25) is 0 Å². The van der Waals surface area contributed by atoms with E-state index in [9.17, 15) is 9.59 Å². The number of benzene rings is 2. The lowest BCUT2D eigenvalue weighted by molar-refractivity contribution is 0.0969. The maximum atomic E-state index is 13.7. The van der Waals surface area contributed by atoms with Crippen molar-refractivity contribution in [1.82, 2.24) is 9.55 Å². The van der Waals surface area contributed by atoms with Gasteiger partial charge in [-0.15, -0.1) is 11.3 Å². The summed E-state index contributed by atoms with van der Waals surface area (Å²) in [5.41, 5.74) is 6.95. The highest BCUT2D eigenvalue weighted by molar-refractivity contribution is 7.17. The molecule has 0 amide bonds. The maximum absolute atomic E-state index is 13.7. The van der Waals surface area contributed by atoms with Gasteiger partial charge in [0.1, 0.15) is 10.7 Å². The van der Waals surface area contributed by atoms with Crippen LogP contribution in [0.3, 0.4) is 0 Å². The molecular formula is C27H28N2O2S. The number of aromatic nitrogens is 2. The first-order valence-electron chi connectivity index (χ1n) is 11.0. The summed E-state index contributed by atoms with van der Waals surface area (Å²) in [6.07, 6.45) is 1.51. The summed E-state index contributed by atoms with van der Waals surface area (Å²) < 4.78 is 1.59. The molecule has 0 N–H and O–H groups in total. The highest BCUT2D eigenvalue weighted by Gasteiger charge is 2.20. The summed E-state index contributed by atoms with van der Waals surface area (Å²) in [4.78, 5) is 32.4. The standard InChI is InChI=1S/C27H28N2O2S/c1-6-7-24-28-26-25(22(15-32-26)21-11-8-16(2)12-19(21)5)27(31)29(24)14-23(30)20-10-9-17(3)18(4)13-20/h8-13,15H,6-7,14H2,1-5H3. The summed E-state index contributed by atoms with van der Waals surface area (Å²) in [7, 11) is 0. The van der Waals surface area contributed by atoms with Crippen molar-refractivity contribution in [2.45, 2.75) is 54.0 Å². The van der Waals surface area contributed by atoms with E-state index in [1.807, 2.05) is 37.4 Å². The molecule has 5 heteroatoms. The highest BCUT2D eigenvalue weighted by Crippen LogP contribution is 2.33. The Hall–Kier alpha value is -3.05. The van der Waals surface area contributed by atoms with E-state index >= 15 is 0 Å². The van der Waals surface area contributed by atoms with Gasteiger partial charge in [-0.05, 0) is 62.4 Å². The lowest BCUT2D eigenvalue weighted by Crippen LogP contribution is -2.28. The Morgan fingerprint density at radius 3 is 2.44 bits per heavy atom. The van der Waals surface area contributed by atoms with Crippen molar-refractivity contribution in [2.24, 2.45) is 0 Å². The van der Waals surface area contributed by atoms with Gasteiger partial charge in [0.25, 0.3) is 5.56 Å². The predicted molar refractivity (Wildman–Crippen MR) is 133 cm³/mol. The van der Waals surface area contributed by atoms with Crippen molar-refractivity contribution in [2.75, 3.05) is 0 Å². The molecule has 4 nitrogen and oxygen atoms in total. The summed E-state index contributed by atoms with van der Waals surface area (Å²) in [5, 5.41) is 2.62. The number of aryl methyl sites for hydroxylation is 5. The van der Waals surface area contributed by atoms with E-state index in [1.54, 1.807) is 4.57 Å². The second-order valence-corrected chi connectivity index (χ2v) is 9.40. The van der Waals surface area contributed by atoms with Crippen LogP contribution in [-0.4, -0.2) is 15.3 Å². The Balaban J connectivity index is 1.86. The molecule has 0 saturated carbocycles. The maximum Gasteiger partial charge on any atom is 0.263 e. The molecule has 32 heavy (non-hydrogen) atoms. The van der Waals surface area contributed by atoms with Crippen molar-refractivity contribution in [1.29, 1.82) is 0 Å². The zero-order valence-electron chi connectivity index (χ0n) is 19.3. The van der Waals surface area contributed by atoms with E-state index in [0.29, 0.717) is 23.2 Å². The van der Waals surface area contributed by atoms with Crippen LogP contribution in [0.4, 0.5) is 0 Å². The van der Waals surface area contributed by atoms with Crippen molar-refractivity contribution in [3.63, 3.8) is 0 Å². The number of fused-ring (bicyclic) bond motifs is 1. The Morgan fingerprint density at radius 2 is 1.75 bits per heavy atom. The lowest BCUT2D eigenvalue weighted by atomic mass is 9.99. The third kappa shape index (κ3) is 4.05. The number of carbonyl (C=O) groups excluding carboxylic acids is 1. The Morgan fingerprint density at radius 1 is 0.969 bits per heavy atom.